The molecule has 2 aliphatic rings. The van der Waals surface area contributed by atoms with Gasteiger partial charge in [0.15, 0.2) is 18.1 Å². The van der Waals surface area contributed by atoms with E-state index in [1.54, 1.807) is 0 Å². The normalized spacial score (nSPS) is 16.8. The number of fused-ring (bicyclic) bond motifs is 1. The minimum Gasteiger partial charge on any atom is -0.486 e. The minimum atomic E-state index is -0.104. The van der Waals surface area contributed by atoms with Gasteiger partial charge in [0, 0.05) is 12.0 Å². The highest BCUT2D eigenvalue weighted by molar-refractivity contribution is 5.77. The highest BCUT2D eigenvalue weighted by Crippen LogP contribution is 2.49. The third kappa shape index (κ3) is 3.55. The van der Waals surface area contributed by atoms with E-state index in [0.29, 0.717) is 25.5 Å². The molecule has 0 unspecified atom stereocenters. The number of para-hydroxylation sites is 1. The van der Waals surface area contributed by atoms with Crippen LogP contribution in [0.25, 0.3) is 0 Å². The number of rotatable bonds is 6. The van der Waals surface area contributed by atoms with E-state index in [4.69, 9.17) is 14.2 Å². The summed E-state index contributed by atoms with van der Waals surface area (Å²) in [7, 11) is 0. The largest absolute Gasteiger partial charge is 0.486 e. The van der Waals surface area contributed by atoms with E-state index in [1.165, 1.54) is 5.56 Å². The summed E-state index contributed by atoms with van der Waals surface area (Å²) in [5, 5.41) is 3.00. The molecule has 1 fully saturated rings. The number of hydrogen-bond acceptors (Lipinski definition) is 4. The summed E-state index contributed by atoms with van der Waals surface area (Å²) in [6.07, 6.45) is 2.12. The Morgan fingerprint density at radius 3 is 2.56 bits per heavy atom. The first-order chi connectivity index (χ1) is 12.3. The molecular formula is C20H21NO4. The van der Waals surface area contributed by atoms with Crippen LogP contribution in [0.4, 0.5) is 0 Å². The Kier molecular flexibility index (Phi) is 4.22. The second kappa shape index (κ2) is 6.67. The molecule has 5 nitrogen and oxygen atoms in total. The number of benzene rings is 2. The summed E-state index contributed by atoms with van der Waals surface area (Å²) >= 11 is 0. The quantitative estimate of drug-likeness (QED) is 0.879. The lowest BCUT2D eigenvalue weighted by Gasteiger charge is -2.22. The van der Waals surface area contributed by atoms with E-state index in [9.17, 15) is 4.79 Å². The number of nitrogens with one attached hydrogen (secondary N) is 1. The van der Waals surface area contributed by atoms with Crippen molar-refractivity contribution in [1.29, 1.82) is 0 Å². The lowest BCUT2D eigenvalue weighted by Crippen LogP contribution is -2.35. The van der Waals surface area contributed by atoms with E-state index in [0.717, 1.165) is 24.3 Å². The second-order valence-electron chi connectivity index (χ2n) is 6.52. The van der Waals surface area contributed by atoms with Gasteiger partial charge in [0.25, 0.3) is 5.91 Å². The molecule has 130 valence electrons. The molecule has 2 aromatic carbocycles. The molecule has 1 heterocycles. The van der Waals surface area contributed by atoms with Crippen molar-refractivity contribution in [1.82, 2.24) is 5.32 Å². The molecule has 2 aromatic rings. The maximum atomic E-state index is 12.1. The minimum absolute atomic E-state index is 0.0121. The van der Waals surface area contributed by atoms with Gasteiger partial charge < -0.3 is 19.5 Å². The van der Waals surface area contributed by atoms with E-state index in [1.807, 2.05) is 42.5 Å². The zero-order valence-electron chi connectivity index (χ0n) is 14.0. The van der Waals surface area contributed by atoms with Crippen LogP contribution in [0.2, 0.25) is 0 Å². The Morgan fingerprint density at radius 1 is 1.04 bits per heavy atom. The molecule has 1 aliphatic carbocycles. The first-order valence-electron chi connectivity index (χ1n) is 8.60. The average Bonchev–Trinajstić information content (AvgIpc) is 3.46. The van der Waals surface area contributed by atoms with Gasteiger partial charge in [0.05, 0.1) is 0 Å². The molecule has 4 rings (SSSR count). The van der Waals surface area contributed by atoms with Gasteiger partial charge in [-0.1, -0.05) is 24.3 Å². The van der Waals surface area contributed by atoms with Crippen LogP contribution in [0.15, 0.2) is 48.5 Å². The summed E-state index contributed by atoms with van der Waals surface area (Å²) in [6, 6.07) is 15.4. The summed E-state index contributed by atoms with van der Waals surface area (Å²) < 4.78 is 16.7. The van der Waals surface area contributed by atoms with Crippen molar-refractivity contribution in [2.24, 2.45) is 0 Å². The topological polar surface area (TPSA) is 56.8 Å². The SMILES string of the molecule is O=C(COc1ccccc1)NCC1(c2ccc3c(c2)OCCO3)CC1. The summed E-state index contributed by atoms with van der Waals surface area (Å²) in [5.74, 6) is 2.19. The van der Waals surface area contributed by atoms with Crippen LogP contribution >= 0.6 is 0 Å². The molecule has 0 spiro atoms. The van der Waals surface area contributed by atoms with Crippen molar-refractivity contribution < 1.29 is 19.0 Å². The van der Waals surface area contributed by atoms with Crippen LogP contribution in [0.5, 0.6) is 17.2 Å². The molecule has 1 N–H and O–H groups in total. The molecule has 0 saturated heterocycles. The Bertz CT molecular complexity index is 756. The molecule has 0 bridgehead atoms. The Labute approximate surface area is 146 Å². The van der Waals surface area contributed by atoms with Crippen LogP contribution in [0, 0.1) is 0 Å². The Hall–Kier alpha value is -2.69. The fourth-order valence-corrected chi connectivity index (χ4v) is 3.08. The van der Waals surface area contributed by atoms with Gasteiger partial charge in [-0.2, -0.15) is 0 Å². The van der Waals surface area contributed by atoms with Gasteiger partial charge in [0.2, 0.25) is 0 Å². The Morgan fingerprint density at radius 2 is 1.80 bits per heavy atom. The lowest BCUT2D eigenvalue weighted by atomic mass is 9.95. The van der Waals surface area contributed by atoms with E-state index >= 15 is 0 Å². The van der Waals surface area contributed by atoms with Gasteiger partial charge >= 0.3 is 0 Å². The van der Waals surface area contributed by atoms with Crippen molar-refractivity contribution in [3.05, 3.63) is 54.1 Å². The fraction of sp³-hybridized carbons (Fsp3) is 0.350. The molecule has 5 heteroatoms. The fourth-order valence-electron chi connectivity index (χ4n) is 3.08. The van der Waals surface area contributed by atoms with Crippen molar-refractivity contribution >= 4 is 5.91 Å². The third-order valence-electron chi connectivity index (χ3n) is 4.75. The highest BCUT2D eigenvalue weighted by Gasteiger charge is 2.44. The smallest absolute Gasteiger partial charge is 0.257 e. The monoisotopic (exact) mass is 339 g/mol. The number of carbonyl (C=O) groups is 1. The summed E-state index contributed by atoms with van der Waals surface area (Å²) in [5.41, 5.74) is 1.21. The predicted octanol–water partition coefficient (Wildman–Crippen LogP) is 2.68. The van der Waals surface area contributed by atoms with Crippen LogP contribution in [-0.2, 0) is 10.2 Å². The van der Waals surface area contributed by atoms with Gasteiger partial charge in [-0.3, -0.25) is 4.79 Å². The molecule has 1 aliphatic heterocycles. The van der Waals surface area contributed by atoms with Crippen molar-refractivity contribution in [3.63, 3.8) is 0 Å². The predicted molar refractivity (Wildman–Crippen MR) is 93.3 cm³/mol. The van der Waals surface area contributed by atoms with E-state index in [2.05, 4.69) is 11.4 Å². The van der Waals surface area contributed by atoms with E-state index in [-0.39, 0.29) is 17.9 Å². The van der Waals surface area contributed by atoms with Gasteiger partial charge in [-0.15, -0.1) is 0 Å². The number of hydrogen-bond donors (Lipinski definition) is 1. The van der Waals surface area contributed by atoms with E-state index < -0.39 is 0 Å². The van der Waals surface area contributed by atoms with Crippen molar-refractivity contribution in [2.75, 3.05) is 26.4 Å². The average molecular weight is 339 g/mol. The zero-order chi connectivity index (χ0) is 17.1. The summed E-state index contributed by atoms with van der Waals surface area (Å²) in [4.78, 5) is 12.1. The zero-order valence-corrected chi connectivity index (χ0v) is 14.0. The number of ether oxygens (including phenoxy) is 3. The maximum Gasteiger partial charge on any atom is 0.257 e. The maximum absolute atomic E-state index is 12.1. The van der Waals surface area contributed by atoms with Crippen LogP contribution in [-0.4, -0.2) is 32.3 Å². The lowest BCUT2D eigenvalue weighted by molar-refractivity contribution is -0.123. The first kappa shape index (κ1) is 15.8. The first-order valence-corrected chi connectivity index (χ1v) is 8.60. The molecule has 0 atom stereocenters. The molecule has 1 amide bonds. The number of carbonyl (C=O) groups excluding carboxylic acids is 1. The molecule has 1 saturated carbocycles. The summed E-state index contributed by atoms with van der Waals surface area (Å²) in [6.45, 7) is 1.82. The molecule has 0 radical (unpaired) electrons. The van der Waals surface area contributed by atoms with Crippen LogP contribution in [0.3, 0.4) is 0 Å². The van der Waals surface area contributed by atoms with Crippen LogP contribution < -0.4 is 19.5 Å². The molecule has 0 aromatic heterocycles. The Balaban J connectivity index is 1.33. The molecule has 25 heavy (non-hydrogen) atoms. The van der Waals surface area contributed by atoms with Crippen molar-refractivity contribution in [3.8, 4) is 17.2 Å². The second-order valence-corrected chi connectivity index (χ2v) is 6.52. The standard InChI is InChI=1S/C20H21NO4/c22-19(13-25-16-4-2-1-3-5-16)21-14-20(8-9-20)15-6-7-17-18(12-15)24-11-10-23-17/h1-7,12H,8-11,13-14H2,(H,21,22). The number of amides is 1. The van der Waals surface area contributed by atoms with Crippen molar-refractivity contribution in [2.45, 2.75) is 18.3 Å². The molecular weight excluding hydrogens is 318 g/mol. The van der Waals surface area contributed by atoms with Gasteiger partial charge in [0.1, 0.15) is 19.0 Å². The van der Waals surface area contributed by atoms with Gasteiger partial charge in [-0.05, 0) is 42.7 Å². The highest BCUT2D eigenvalue weighted by atomic mass is 16.6. The van der Waals surface area contributed by atoms with Gasteiger partial charge in [-0.25, -0.2) is 0 Å². The third-order valence-corrected chi connectivity index (χ3v) is 4.75. The van der Waals surface area contributed by atoms with Crippen LogP contribution in [0.1, 0.15) is 18.4 Å².